The molecular weight excluding hydrogens is 648 g/mol. The monoisotopic (exact) mass is 708 g/mol. The van der Waals surface area contributed by atoms with Crippen molar-refractivity contribution in [1.29, 1.82) is 0 Å². The first-order valence-corrected chi connectivity index (χ1v) is 19.3. The number of ether oxygens (including phenoxy) is 6. The van der Waals surface area contributed by atoms with Gasteiger partial charge in [-0.1, -0.05) is 39.3 Å². The highest BCUT2D eigenvalue weighted by Crippen LogP contribution is 2.70. The van der Waals surface area contributed by atoms with Crippen LogP contribution in [0.1, 0.15) is 85.5 Å². The quantitative estimate of drug-likeness (QED) is 0.222. The fourth-order valence-corrected chi connectivity index (χ4v) is 12.3. The summed E-state index contributed by atoms with van der Waals surface area (Å²) < 4.78 is 36.8. The summed E-state index contributed by atoms with van der Waals surface area (Å²) >= 11 is 0. The van der Waals surface area contributed by atoms with E-state index in [0.29, 0.717) is 35.5 Å². The molecular formula is C38H60O12. The summed E-state index contributed by atoms with van der Waals surface area (Å²) in [5.74, 6) is 3.00. The van der Waals surface area contributed by atoms with Crippen LogP contribution in [0.25, 0.3) is 0 Å². The molecule has 6 N–H and O–H groups in total. The first-order chi connectivity index (χ1) is 23.8. The van der Waals surface area contributed by atoms with Gasteiger partial charge in [0, 0.05) is 12.3 Å². The van der Waals surface area contributed by atoms with Crippen molar-refractivity contribution in [2.24, 2.45) is 46.3 Å². The zero-order valence-corrected chi connectivity index (χ0v) is 30.1. The highest BCUT2D eigenvalue weighted by Gasteiger charge is 2.68. The van der Waals surface area contributed by atoms with Crippen LogP contribution in [0.3, 0.4) is 0 Å². The van der Waals surface area contributed by atoms with Crippen LogP contribution in [0, 0.1) is 46.3 Å². The molecule has 8 aliphatic rings. The minimum absolute atomic E-state index is 0.0782. The second-order valence-corrected chi connectivity index (χ2v) is 18.0. The number of aliphatic hydroxyl groups is 6. The molecule has 1 spiro atoms. The first kappa shape index (κ1) is 36.2. The molecule has 0 amide bonds. The fourth-order valence-electron chi connectivity index (χ4n) is 12.3. The van der Waals surface area contributed by atoms with Gasteiger partial charge in [0.15, 0.2) is 18.4 Å². The third kappa shape index (κ3) is 5.45. The minimum atomic E-state index is -1.92. The van der Waals surface area contributed by atoms with Crippen molar-refractivity contribution in [1.82, 2.24) is 0 Å². The van der Waals surface area contributed by atoms with E-state index in [1.807, 2.05) is 0 Å². The Bertz CT molecular complexity index is 1290. The Morgan fingerprint density at radius 3 is 2.44 bits per heavy atom. The first-order valence-electron chi connectivity index (χ1n) is 19.3. The normalized spacial score (nSPS) is 57.6. The highest BCUT2D eigenvalue weighted by atomic mass is 16.7. The summed E-state index contributed by atoms with van der Waals surface area (Å²) in [6.07, 6.45) is 2.26. The molecule has 0 bridgehead atoms. The van der Waals surface area contributed by atoms with Crippen LogP contribution in [-0.4, -0.2) is 124 Å². The molecule has 12 nitrogen and oxygen atoms in total. The van der Waals surface area contributed by atoms with E-state index in [-0.39, 0.29) is 29.6 Å². The molecule has 7 fully saturated rings. The molecule has 0 radical (unpaired) electrons. The minimum Gasteiger partial charge on any atom is -0.394 e. The molecule has 284 valence electrons. The molecule has 50 heavy (non-hydrogen) atoms. The number of fused-ring (bicyclic) bond motifs is 7. The van der Waals surface area contributed by atoms with Gasteiger partial charge in [-0.15, -0.1) is 0 Å². The Hall–Kier alpha value is -0.740. The van der Waals surface area contributed by atoms with E-state index in [1.54, 1.807) is 0 Å². The number of aliphatic hydroxyl groups excluding tert-OH is 5. The summed E-state index contributed by atoms with van der Waals surface area (Å²) in [7, 11) is 0. The maximum Gasteiger partial charge on any atom is 0.187 e. The molecule has 3 saturated carbocycles. The van der Waals surface area contributed by atoms with Crippen molar-refractivity contribution in [2.75, 3.05) is 26.4 Å². The van der Waals surface area contributed by atoms with E-state index in [9.17, 15) is 30.6 Å². The van der Waals surface area contributed by atoms with Crippen molar-refractivity contribution in [3.05, 3.63) is 11.6 Å². The van der Waals surface area contributed by atoms with Gasteiger partial charge in [-0.25, -0.2) is 0 Å². The van der Waals surface area contributed by atoms with E-state index in [2.05, 4.69) is 33.8 Å². The predicted molar refractivity (Wildman–Crippen MR) is 177 cm³/mol. The van der Waals surface area contributed by atoms with Crippen molar-refractivity contribution in [3.63, 3.8) is 0 Å². The number of hydrogen-bond acceptors (Lipinski definition) is 12. The van der Waals surface area contributed by atoms with Crippen LogP contribution in [0.4, 0.5) is 0 Å². The van der Waals surface area contributed by atoms with Gasteiger partial charge in [0.1, 0.15) is 36.1 Å². The van der Waals surface area contributed by atoms with Gasteiger partial charge in [-0.3, -0.25) is 0 Å². The van der Waals surface area contributed by atoms with Crippen LogP contribution >= 0.6 is 0 Å². The second-order valence-electron chi connectivity index (χ2n) is 18.0. The van der Waals surface area contributed by atoms with E-state index in [0.717, 1.165) is 45.1 Å². The fraction of sp³-hybridized carbons (Fsp3) is 0.947. The molecule has 4 aliphatic carbocycles. The van der Waals surface area contributed by atoms with E-state index in [4.69, 9.17) is 28.4 Å². The van der Waals surface area contributed by atoms with Gasteiger partial charge >= 0.3 is 0 Å². The molecule has 4 heterocycles. The molecule has 12 heteroatoms. The molecule has 0 aromatic carbocycles. The van der Waals surface area contributed by atoms with Crippen molar-refractivity contribution < 1.29 is 59.1 Å². The van der Waals surface area contributed by atoms with Crippen molar-refractivity contribution >= 4 is 0 Å². The summed E-state index contributed by atoms with van der Waals surface area (Å²) in [5.41, 5.74) is -0.167. The van der Waals surface area contributed by atoms with Crippen LogP contribution in [0.2, 0.25) is 0 Å². The lowest BCUT2D eigenvalue weighted by Crippen LogP contribution is -2.62. The maximum absolute atomic E-state index is 11.1. The van der Waals surface area contributed by atoms with Gasteiger partial charge in [-0.05, 0) is 91.8 Å². The number of allylic oxidation sites excluding steroid dienone is 1. The summed E-state index contributed by atoms with van der Waals surface area (Å²) in [4.78, 5) is 0. The lowest BCUT2D eigenvalue weighted by atomic mass is 9.47. The molecule has 4 saturated heterocycles. The Kier molecular flexibility index (Phi) is 9.38. The van der Waals surface area contributed by atoms with Crippen LogP contribution in [0.15, 0.2) is 11.6 Å². The van der Waals surface area contributed by atoms with Crippen LogP contribution in [0.5, 0.6) is 0 Å². The van der Waals surface area contributed by atoms with E-state index >= 15 is 0 Å². The average molecular weight is 709 g/mol. The third-order valence-corrected chi connectivity index (χ3v) is 15.3. The van der Waals surface area contributed by atoms with Gasteiger partial charge in [0.05, 0.1) is 38.6 Å². The number of rotatable bonds is 6. The molecule has 19 atom stereocenters. The molecule has 4 aliphatic heterocycles. The molecule has 7 unspecified atom stereocenters. The average Bonchev–Trinajstić information content (AvgIpc) is 3.67. The van der Waals surface area contributed by atoms with E-state index < -0.39 is 67.7 Å². The zero-order valence-electron chi connectivity index (χ0n) is 30.1. The Balaban J connectivity index is 0.916. The highest BCUT2D eigenvalue weighted by molar-refractivity contribution is 5.26. The summed E-state index contributed by atoms with van der Waals surface area (Å²) in [6, 6.07) is 0. The zero-order chi connectivity index (χ0) is 35.4. The van der Waals surface area contributed by atoms with E-state index in [1.165, 1.54) is 24.8 Å². The second kappa shape index (κ2) is 12.9. The van der Waals surface area contributed by atoms with Crippen molar-refractivity contribution in [3.8, 4) is 0 Å². The SMILES string of the molecule is CC1C2C(CC3C4CC=C5C[C@@H](O[C@@H]6O[C@H](CO)[C@@H](O[C@@H]7OC[C@](O)(CO)[C@H]7O)[C@H](O)[C@H]6O)CC[C@]5(C)C4CC[C@@]32C)OC12CC[C@@H](C)CO2. The Morgan fingerprint density at radius 2 is 1.74 bits per heavy atom. The lowest BCUT2D eigenvalue weighted by Gasteiger charge is -2.58. The Morgan fingerprint density at radius 1 is 0.940 bits per heavy atom. The molecule has 0 aromatic rings. The van der Waals surface area contributed by atoms with Gasteiger partial charge in [-0.2, -0.15) is 0 Å². The molecule has 0 aromatic heterocycles. The molecule has 8 rings (SSSR count). The maximum atomic E-state index is 11.1. The standard InChI is InChI=1S/C38H60O12/c1-19-7-12-38(46-16-19)20(2)28-26(50-38)14-25-23-6-5-21-13-22(8-10-35(21,3)24(23)9-11-36(25,28)4)47-33-30(42)29(41)31(27(15-39)48-33)49-34-32(43)37(44,17-40)18-45-34/h5,19-20,22-34,39-44H,6-18H2,1-4H3/t19-,20?,22+,23?,24?,25?,26?,27-,28?,29-,30-,31-,32+,33-,34+,35+,36+,37-,38?/m1/s1. The lowest BCUT2D eigenvalue weighted by molar-refractivity contribution is -0.336. The van der Waals surface area contributed by atoms with Gasteiger partial charge < -0.3 is 59.1 Å². The van der Waals surface area contributed by atoms with Crippen molar-refractivity contribution in [2.45, 2.75) is 152 Å². The van der Waals surface area contributed by atoms with Gasteiger partial charge in [0.25, 0.3) is 0 Å². The third-order valence-electron chi connectivity index (χ3n) is 15.3. The summed E-state index contributed by atoms with van der Waals surface area (Å²) in [5, 5.41) is 62.5. The predicted octanol–water partition coefficient (Wildman–Crippen LogP) is 2.00. The number of hydrogen-bond donors (Lipinski definition) is 6. The van der Waals surface area contributed by atoms with Crippen LogP contribution < -0.4 is 0 Å². The topological polar surface area (TPSA) is 177 Å². The Labute approximate surface area is 295 Å². The summed E-state index contributed by atoms with van der Waals surface area (Å²) in [6.45, 7) is 8.82. The van der Waals surface area contributed by atoms with Crippen LogP contribution in [-0.2, 0) is 28.4 Å². The van der Waals surface area contributed by atoms with Gasteiger partial charge in [0.2, 0.25) is 0 Å². The smallest absolute Gasteiger partial charge is 0.187 e. The largest absolute Gasteiger partial charge is 0.394 e.